The third-order valence-electron chi connectivity index (χ3n) is 8.33. The summed E-state index contributed by atoms with van der Waals surface area (Å²) < 4.78 is 36.7. The van der Waals surface area contributed by atoms with Crippen molar-refractivity contribution in [2.24, 2.45) is 13.0 Å². The van der Waals surface area contributed by atoms with E-state index in [9.17, 15) is 23.6 Å². The van der Waals surface area contributed by atoms with E-state index in [0.29, 0.717) is 5.69 Å². The minimum absolute atomic E-state index is 0.0217. The second kappa shape index (κ2) is 12.3. The summed E-state index contributed by atoms with van der Waals surface area (Å²) in [5.41, 5.74) is 4.24. The van der Waals surface area contributed by atoms with Crippen LogP contribution >= 0.6 is 0 Å². The Kier molecular flexibility index (Phi) is 8.71. The fourth-order valence-corrected chi connectivity index (χ4v) is 7.01. The second-order valence-corrected chi connectivity index (χ2v) is 13.2. The average molecular weight is 601 g/mol. The van der Waals surface area contributed by atoms with E-state index in [1.807, 2.05) is 73.1 Å². The monoisotopic (exact) mass is 600 g/mol. The van der Waals surface area contributed by atoms with Gasteiger partial charge >= 0.3 is 0 Å². The zero-order valence-electron chi connectivity index (χ0n) is 24.8. The number of ether oxygens (including phenoxy) is 1. The molecule has 0 aliphatic carbocycles. The molecule has 9 nitrogen and oxygen atoms in total. The maximum Gasteiger partial charge on any atom is 0.271 e. The van der Waals surface area contributed by atoms with Gasteiger partial charge in [-0.05, 0) is 42.3 Å². The molecule has 1 aliphatic rings. The van der Waals surface area contributed by atoms with Crippen molar-refractivity contribution in [3.8, 4) is 17.2 Å². The average Bonchev–Trinajstić information content (AvgIpc) is 3.31. The molecule has 5 rings (SSSR count). The lowest BCUT2D eigenvalue weighted by Crippen LogP contribution is -2.48. The molecule has 0 fully saturated rings. The van der Waals surface area contributed by atoms with Crippen LogP contribution in [0.25, 0.3) is 22.0 Å². The third kappa shape index (κ3) is 5.69. The van der Waals surface area contributed by atoms with E-state index in [0.717, 1.165) is 27.6 Å². The molecular weight excluding hydrogens is 564 g/mol. The largest absolute Gasteiger partial charge is 0.394 e. The molecule has 0 saturated heterocycles. The van der Waals surface area contributed by atoms with Gasteiger partial charge in [0.15, 0.2) is 0 Å². The standard InChI is InChI=1S/C33H36N4O5S/c1-22-18-37(23(2)20-38)33(39)32-31(28-14-7-8-15-29(28)36(32)4)27-13-6-5-11-25(27)21-42-30(22)19-35(3)43(40,41)26-12-9-10-24(16-26)17-34/h5-16,22-23,30,38H,18-21H2,1-4H3/t22-,23+,30-/m0/s1. The summed E-state index contributed by atoms with van der Waals surface area (Å²) >= 11 is 0. The Morgan fingerprint density at radius 3 is 2.58 bits per heavy atom. The lowest BCUT2D eigenvalue weighted by Gasteiger charge is -2.35. The quantitative estimate of drug-likeness (QED) is 0.351. The van der Waals surface area contributed by atoms with Crippen LogP contribution in [-0.4, -0.2) is 72.1 Å². The zero-order chi connectivity index (χ0) is 30.9. The van der Waals surface area contributed by atoms with Gasteiger partial charge in [-0.3, -0.25) is 4.79 Å². The number of aliphatic hydroxyl groups excluding tert-OH is 1. The van der Waals surface area contributed by atoms with Gasteiger partial charge in [-0.1, -0.05) is 55.5 Å². The van der Waals surface area contributed by atoms with Crippen molar-refractivity contribution in [2.75, 3.05) is 26.7 Å². The number of fused-ring (bicyclic) bond motifs is 5. The maximum atomic E-state index is 14.5. The van der Waals surface area contributed by atoms with Crippen molar-refractivity contribution >= 4 is 26.8 Å². The number of aryl methyl sites for hydroxylation is 1. The number of rotatable bonds is 6. The molecule has 2 heterocycles. The molecule has 3 atom stereocenters. The van der Waals surface area contributed by atoms with Gasteiger partial charge in [0.1, 0.15) is 5.69 Å². The molecule has 0 saturated carbocycles. The number of nitrogens with zero attached hydrogens (tertiary/aromatic N) is 4. The number of nitriles is 1. The number of aromatic nitrogens is 1. The van der Waals surface area contributed by atoms with Gasteiger partial charge in [0.25, 0.3) is 5.91 Å². The number of aliphatic hydroxyl groups is 1. The Hall–Kier alpha value is -4.01. The molecule has 0 bridgehead atoms. The van der Waals surface area contributed by atoms with Crippen LogP contribution in [0.4, 0.5) is 0 Å². The highest BCUT2D eigenvalue weighted by molar-refractivity contribution is 7.89. The molecule has 0 unspecified atom stereocenters. The number of para-hydroxylation sites is 1. The number of amides is 1. The number of hydrogen-bond acceptors (Lipinski definition) is 6. The van der Waals surface area contributed by atoms with Crippen molar-refractivity contribution in [3.63, 3.8) is 0 Å². The molecule has 1 aromatic heterocycles. The molecule has 0 spiro atoms. The summed E-state index contributed by atoms with van der Waals surface area (Å²) in [5.74, 6) is -0.517. The van der Waals surface area contributed by atoms with E-state index < -0.39 is 22.2 Å². The maximum absolute atomic E-state index is 14.5. The van der Waals surface area contributed by atoms with Crippen LogP contribution in [0.5, 0.6) is 0 Å². The van der Waals surface area contributed by atoms with Crippen molar-refractivity contribution < 1.29 is 23.1 Å². The Labute approximate surface area is 252 Å². The van der Waals surface area contributed by atoms with Gasteiger partial charge in [-0.2, -0.15) is 9.57 Å². The topological polar surface area (TPSA) is 116 Å². The van der Waals surface area contributed by atoms with Gasteiger partial charge in [0.05, 0.1) is 41.9 Å². The molecule has 1 amide bonds. The fourth-order valence-electron chi connectivity index (χ4n) is 5.78. The summed E-state index contributed by atoms with van der Waals surface area (Å²) in [4.78, 5) is 16.2. The predicted octanol–water partition coefficient (Wildman–Crippen LogP) is 4.40. The smallest absolute Gasteiger partial charge is 0.271 e. The minimum Gasteiger partial charge on any atom is -0.394 e. The lowest BCUT2D eigenvalue weighted by molar-refractivity contribution is -0.0147. The van der Waals surface area contributed by atoms with E-state index >= 15 is 0 Å². The van der Waals surface area contributed by atoms with E-state index in [1.54, 1.807) is 24.0 Å². The van der Waals surface area contributed by atoms with Gasteiger partial charge in [0.2, 0.25) is 10.0 Å². The predicted molar refractivity (Wildman–Crippen MR) is 165 cm³/mol. The highest BCUT2D eigenvalue weighted by atomic mass is 32.2. The van der Waals surface area contributed by atoms with Crippen LogP contribution < -0.4 is 0 Å². The normalized spacial score (nSPS) is 18.5. The van der Waals surface area contributed by atoms with Gasteiger partial charge < -0.3 is 19.3 Å². The van der Waals surface area contributed by atoms with Crippen LogP contribution in [0.2, 0.25) is 0 Å². The van der Waals surface area contributed by atoms with Crippen LogP contribution in [0, 0.1) is 17.2 Å². The molecule has 4 aromatic rings. The number of sulfonamides is 1. The highest BCUT2D eigenvalue weighted by Crippen LogP contribution is 2.38. The molecule has 1 N–H and O–H groups in total. The number of hydrogen-bond donors (Lipinski definition) is 1. The Balaban J connectivity index is 1.60. The van der Waals surface area contributed by atoms with Crippen molar-refractivity contribution in [1.82, 2.24) is 13.8 Å². The summed E-state index contributed by atoms with van der Waals surface area (Å²) in [6.45, 7) is 3.96. The summed E-state index contributed by atoms with van der Waals surface area (Å²) in [7, 11) is -0.558. The fraction of sp³-hybridized carbons (Fsp3) is 0.333. The first-order valence-electron chi connectivity index (χ1n) is 14.2. The van der Waals surface area contributed by atoms with Gasteiger partial charge in [-0.15, -0.1) is 0 Å². The third-order valence-corrected chi connectivity index (χ3v) is 10.2. The van der Waals surface area contributed by atoms with Crippen LogP contribution in [0.15, 0.2) is 77.7 Å². The van der Waals surface area contributed by atoms with Crippen molar-refractivity contribution in [3.05, 3.63) is 89.6 Å². The molecular formula is C33H36N4O5S. The van der Waals surface area contributed by atoms with E-state index in [4.69, 9.17) is 4.74 Å². The summed E-state index contributed by atoms with van der Waals surface area (Å²) in [6.07, 6.45) is -0.592. The van der Waals surface area contributed by atoms with Crippen LogP contribution in [0.3, 0.4) is 0 Å². The Morgan fingerprint density at radius 2 is 1.84 bits per heavy atom. The lowest BCUT2D eigenvalue weighted by atomic mass is 9.96. The second-order valence-electron chi connectivity index (χ2n) is 11.2. The molecule has 43 heavy (non-hydrogen) atoms. The van der Waals surface area contributed by atoms with Gasteiger partial charge in [0, 0.05) is 49.6 Å². The molecule has 224 valence electrons. The van der Waals surface area contributed by atoms with Gasteiger partial charge in [-0.25, -0.2) is 8.42 Å². The number of benzene rings is 3. The van der Waals surface area contributed by atoms with E-state index in [-0.39, 0.29) is 48.6 Å². The highest BCUT2D eigenvalue weighted by Gasteiger charge is 2.35. The molecule has 1 aliphatic heterocycles. The first-order chi connectivity index (χ1) is 20.6. The Morgan fingerprint density at radius 1 is 1.12 bits per heavy atom. The van der Waals surface area contributed by atoms with Crippen LogP contribution in [-0.2, 0) is 28.4 Å². The number of carbonyl (C=O) groups is 1. The molecule has 0 radical (unpaired) electrons. The van der Waals surface area contributed by atoms with Crippen molar-refractivity contribution in [1.29, 1.82) is 5.26 Å². The first kappa shape index (κ1) is 30.4. The minimum atomic E-state index is -3.93. The number of carbonyl (C=O) groups excluding carboxylic acids is 1. The first-order valence-corrected chi connectivity index (χ1v) is 15.7. The zero-order valence-corrected chi connectivity index (χ0v) is 25.6. The van der Waals surface area contributed by atoms with E-state index in [2.05, 4.69) is 0 Å². The van der Waals surface area contributed by atoms with Crippen LogP contribution in [0.1, 0.15) is 35.5 Å². The number of likely N-dealkylation sites (N-methyl/N-ethyl adjacent to an activating group) is 1. The van der Waals surface area contributed by atoms with E-state index in [1.165, 1.54) is 23.5 Å². The molecule has 10 heteroatoms. The molecule has 3 aromatic carbocycles. The summed E-state index contributed by atoms with van der Waals surface area (Å²) in [5, 5.41) is 20.4. The SMILES string of the molecule is C[C@H](CO)N1C[C@H](C)[C@H](CN(C)S(=O)(=O)c2cccc(C#N)c2)OCc2ccccc2-c2c(n(C)c3ccccc23)C1=O. The Bertz CT molecular complexity index is 1810. The summed E-state index contributed by atoms with van der Waals surface area (Å²) in [6, 6.07) is 23.1. The van der Waals surface area contributed by atoms with Crippen molar-refractivity contribution in [2.45, 2.75) is 37.5 Å².